The maximum Gasteiger partial charge on any atom is 0.472 e. The van der Waals surface area contributed by atoms with E-state index < -0.39 is 97.5 Å². The molecule has 6 atom stereocenters. The molecule has 0 aromatic rings. The molecule has 3 N–H and O–H groups in total. The number of hydrogen-bond donors (Lipinski definition) is 3. The van der Waals surface area contributed by atoms with Crippen molar-refractivity contribution in [3.63, 3.8) is 0 Å². The monoisotopic (exact) mass is 1480 g/mol. The molecule has 17 nitrogen and oxygen atoms in total. The molecule has 0 aromatic heterocycles. The van der Waals surface area contributed by atoms with Crippen molar-refractivity contribution in [3.05, 3.63) is 0 Å². The van der Waals surface area contributed by atoms with Crippen molar-refractivity contribution in [3.8, 4) is 0 Å². The molecular formula is C82H160O17P2. The molecule has 0 saturated heterocycles. The highest BCUT2D eigenvalue weighted by molar-refractivity contribution is 7.47. The maximum absolute atomic E-state index is 13.1. The Labute approximate surface area is 619 Å². The minimum absolute atomic E-state index is 0.107. The lowest BCUT2D eigenvalue weighted by Crippen LogP contribution is -2.30. The molecule has 0 spiro atoms. The summed E-state index contributed by atoms with van der Waals surface area (Å²) in [7, 11) is -9.92. The lowest BCUT2D eigenvalue weighted by molar-refractivity contribution is -0.161. The number of ether oxygens (including phenoxy) is 4. The Morgan fingerprint density at radius 3 is 0.752 bits per heavy atom. The fraction of sp³-hybridized carbons (Fsp3) is 0.951. The van der Waals surface area contributed by atoms with Gasteiger partial charge in [-0.1, -0.05) is 376 Å². The smallest absolute Gasteiger partial charge is 0.462 e. The first-order chi connectivity index (χ1) is 48.8. The normalized spacial score (nSPS) is 14.2. The SMILES string of the molecule is CCCCCCCCCCCCCCCC(=O)OC[C@H](COP(=O)(O)OC[C@H](O)COP(=O)(O)OC[C@@H](COC(=O)CCCCCCCCCCCCCCCC(C)C)OC(=O)CCCCCCCCCCCCCCCCC(C)CC)OC(=O)CCCCCCCCCCCCCC(C)C. The number of aliphatic hydroxyl groups is 1. The molecular weight excluding hydrogens is 1320 g/mol. The largest absolute Gasteiger partial charge is 0.472 e. The van der Waals surface area contributed by atoms with Gasteiger partial charge in [0.1, 0.15) is 19.3 Å². The second-order valence-corrected chi connectivity index (χ2v) is 33.6. The van der Waals surface area contributed by atoms with Crippen molar-refractivity contribution < 1.29 is 80.2 Å². The van der Waals surface area contributed by atoms with E-state index >= 15 is 0 Å². The predicted molar refractivity (Wildman–Crippen MR) is 414 cm³/mol. The van der Waals surface area contributed by atoms with Gasteiger partial charge in [0.2, 0.25) is 0 Å². The van der Waals surface area contributed by atoms with Crippen LogP contribution in [0.25, 0.3) is 0 Å². The molecule has 0 fully saturated rings. The fourth-order valence-electron chi connectivity index (χ4n) is 12.6. The lowest BCUT2D eigenvalue weighted by atomic mass is 9.99. The molecule has 0 aromatic carbocycles. The van der Waals surface area contributed by atoms with Crippen molar-refractivity contribution >= 4 is 39.5 Å². The number of carbonyl (C=O) groups is 4. The number of phosphoric acid groups is 2. The minimum Gasteiger partial charge on any atom is -0.462 e. The summed E-state index contributed by atoms with van der Waals surface area (Å²) in [4.78, 5) is 73.1. The average molecular weight is 1480 g/mol. The summed E-state index contributed by atoms with van der Waals surface area (Å²) in [6.07, 6.45) is 60.8. The molecule has 0 aliphatic heterocycles. The minimum atomic E-state index is -4.96. The van der Waals surface area contributed by atoms with Crippen LogP contribution in [0.4, 0.5) is 0 Å². The molecule has 101 heavy (non-hydrogen) atoms. The van der Waals surface area contributed by atoms with E-state index in [1.165, 1.54) is 238 Å². The van der Waals surface area contributed by atoms with Crippen LogP contribution in [0.5, 0.6) is 0 Å². The van der Waals surface area contributed by atoms with Gasteiger partial charge in [-0.2, -0.15) is 0 Å². The number of hydrogen-bond acceptors (Lipinski definition) is 15. The molecule has 0 heterocycles. The zero-order valence-electron chi connectivity index (χ0n) is 66.4. The topological polar surface area (TPSA) is 237 Å². The van der Waals surface area contributed by atoms with Gasteiger partial charge in [-0.25, -0.2) is 9.13 Å². The summed E-state index contributed by atoms with van der Waals surface area (Å²) < 4.78 is 68.8. The Bertz CT molecular complexity index is 1960. The predicted octanol–water partition coefficient (Wildman–Crippen LogP) is 24.5. The molecule has 0 rings (SSSR count). The van der Waals surface area contributed by atoms with Gasteiger partial charge in [-0.15, -0.1) is 0 Å². The number of rotatable bonds is 80. The average Bonchev–Trinajstić information content (AvgIpc) is 0.954. The van der Waals surface area contributed by atoms with Crippen molar-refractivity contribution in [1.82, 2.24) is 0 Å². The standard InChI is InChI=1S/C82H160O17P2/c1-8-10-11-12-13-14-15-19-28-35-42-49-56-63-79(84)92-70-78(99-82(87)66-59-52-45-38-31-24-26-33-40-47-54-61-74(5)6)72-97-101(90,91)95-68-76(83)67-94-100(88,89)96-71-77(69-93-80(85)64-57-50-43-36-29-23-18-20-25-32-39-46-53-60-73(3)4)98-81(86)65-58-51-44-37-30-22-17-16-21-27-34-41-48-55-62-75(7)9-2/h73-78,83H,8-72H2,1-7H3,(H,88,89)(H,90,91)/t75?,76-,77-,78-/m1/s1. The summed E-state index contributed by atoms with van der Waals surface area (Å²) in [5, 5.41) is 10.7. The Morgan fingerprint density at radius 1 is 0.287 bits per heavy atom. The van der Waals surface area contributed by atoms with Crippen molar-refractivity contribution in [2.24, 2.45) is 17.8 Å². The second-order valence-electron chi connectivity index (χ2n) is 30.7. The molecule has 3 unspecified atom stereocenters. The first-order valence-corrected chi connectivity index (χ1v) is 45.4. The van der Waals surface area contributed by atoms with E-state index in [2.05, 4.69) is 48.5 Å². The molecule has 0 aliphatic carbocycles. The number of phosphoric ester groups is 2. The van der Waals surface area contributed by atoms with Crippen LogP contribution in [0.15, 0.2) is 0 Å². The van der Waals surface area contributed by atoms with E-state index in [1.807, 2.05) is 0 Å². The van der Waals surface area contributed by atoms with Crippen LogP contribution >= 0.6 is 15.6 Å². The van der Waals surface area contributed by atoms with Crippen LogP contribution in [0.2, 0.25) is 0 Å². The fourth-order valence-corrected chi connectivity index (χ4v) is 14.2. The summed E-state index contributed by atoms with van der Waals surface area (Å²) >= 11 is 0. The van der Waals surface area contributed by atoms with Gasteiger partial charge >= 0.3 is 39.5 Å². The van der Waals surface area contributed by atoms with Crippen LogP contribution < -0.4 is 0 Å². The van der Waals surface area contributed by atoms with Crippen LogP contribution in [0, 0.1) is 17.8 Å². The highest BCUT2D eigenvalue weighted by atomic mass is 31.2. The molecule has 0 bridgehead atoms. The van der Waals surface area contributed by atoms with Crippen LogP contribution in [0.3, 0.4) is 0 Å². The molecule has 600 valence electrons. The molecule has 0 amide bonds. The summed E-state index contributed by atoms with van der Waals surface area (Å²) in [6, 6.07) is 0. The van der Waals surface area contributed by atoms with Crippen molar-refractivity contribution in [2.45, 2.75) is 446 Å². The maximum atomic E-state index is 13.1. The summed E-state index contributed by atoms with van der Waals surface area (Å²) in [5.41, 5.74) is 0. The van der Waals surface area contributed by atoms with Crippen molar-refractivity contribution in [2.75, 3.05) is 39.6 Å². The van der Waals surface area contributed by atoms with Gasteiger partial charge in [0, 0.05) is 25.7 Å². The molecule has 0 saturated carbocycles. The van der Waals surface area contributed by atoms with E-state index in [0.29, 0.717) is 25.7 Å². The van der Waals surface area contributed by atoms with Crippen molar-refractivity contribution in [1.29, 1.82) is 0 Å². The third-order valence-corrected chi connectivity index (χ3v) is 21.4. The van der Waals surface area contributed by atoms with E-state index in [4.69, 9.17) is 37.0 Å². The van der Waals surface area contributed by atoms with Gasteiger partial charge in [-0.05, 0) is 43.4 Å². The summed E-state index contributed by atoms with van der Waals surface area (Å²) in [5.74, 6) is 0.295. The van der Waals surface area contributed by atoms with Gasteiger partial charge in [0.15, 0.2) is 12.2 Å². The van der Waals surface area contributed by atoms with E-state index in [9.17, 15) is 43.2 Å². The lowest BCUT2D eigenvalue weighted by Gasteiger charge is -2.21. The molecule has 0 aliphatic rings. The Hall–Kier alpha value is -1.94. The van der Waals surface area contributed by atoms with E-state index in [-0.39, 0.29) is 25.7 Å². The second kappa shape index (κ2) is 72.3. The zero-order chi connectivity index (χ0) is 74.4. The zero-order valence-corrected chi connectivity index (χ0v) is 68.2. The highest BCUT2D eigenvalue weighted by Gasteiger charge is 2.30. The number of unbranched alkanes of at least 4 members (excludes halogenated alkanes) is 47. The van der Waals surface area contributed by atoms with Gasteiger partial charge in [0.25, 0.3) is 0 Å². The van der Waals surface area contributed by atoms with Crippen LogP contribution in [0.1, 0.15) is 427 Å². The Kier molecular flexibility index (Phi) is 70.9. The summed E-state index contributed by atoms with van der Waals surface area (Å²) in [6.45, 7) is 12.0. The highest BCUT2D eigenvalue weighted by Crippen LogP contribution is 2.45. The molecule has 0 radical (unpaired) electrons. The number of carbonyl (C=O) groups excluding carboxylic acids is 4. The van der Waals surface area contributed by atoms with Crippen LogP contribution in [-0.2, 0) is 65.4 Å². The third kappa shape index (κ3) is 74.7. The third-order valence-electron chi connectivity index (χ3n) is 19.5. The van der Waals surface area contributed by atoms with Gasteiger partial charge in [0.05, 0.1) is 26.4 Å². The Morgan fingerprint density at radius 2 is 0.505 bits per heavy atom. The molecule has 19 heteroatoms. The number of aliphatic hydroxyl groups excluding tert-OH is 1. The quantitative estimate of drug-likeness (QED) is 0.0222. The number of esters is 4. The van der Waals surface area contributed by atoms with Crippen LogP contribution in [-0.4, -0.2) is 96.7 Å². The van der Waals surface area contributed by atoms with Gasteiger partial charge in [-0.3, -0.25) is 37.3 Å². The van der Waals surface area contributed by atoms with E-state index in [1.54, 1.807) is 0 Å². The first kappa shape index (κ1) is 99.1. The Balaban J connectivity index is 5.27. The first-order valence-electron chi connectivity index (χ1n) is 42.4. The van der Waals surface area contributed by atoms with E-state index in [0.717, 1.165) is 108 Å². The van der Waals surface area contributed by atoms with Gasteiger partial charge < -0.3 is 33.8 Å².